The Morgan fingerprint density at radius 1 is 1.15 bits per heavy atom. The third kappa shape index (κ3) is 6.76. The van der Waals surface area contributed by atoms with Crippen molar-refractivity contribution in [3.8, 4) is 11.8 Å². The smallest absolute Gasteiger partial charge is 0.405 e. The van der Waals surface area contributed by atoms with Crippen LogP contribution in [0.5, 0.6) is 5.75 Å². The highest BCUT2D eigenvalue weighted by Crippen LogP contribution is 2.36. The molecule has 0 aromatic heterocycles. The van der Waals surface area contributed by atoms with Crippen molar-refractivity contribution >= 4 is 39.1 Å². The van der Waals surface area contributed by atoms with Crippen LogP contribution in [0.2, 0.25) is 10.0 Å². The molecule has 2 saturated carbocycles. The molecule has 2 atom stereocenters. The highest BCUT2D eigenvalue weighted by atomic mass is 35.5. The Kier molecular flexibility index (Phi) is 8.11. The second-order valence-electron chi connectivity index (χ2n) is 8.17. The van der Waals surface area contributed by atoms with Crippen LogP contribution in [0.4, 0.5) is 4.79 Å². The van der Waals surface area contributed by atoms with E-state index in [0.29, 0.717) is 42.3 Å². The van der Waals surface area contributed by atoms with Gasteiger partial charge in [0.25, 0.3) is 0 Å². The molecule has 2 aromatic rings. The molecule has 2 fully saturated rings. The lowest BCUT2D eigenvalue weighted by molar-refractivity contribution is 0.191. The number of hydrogen-bond donors (Lipinski definition) is 2. The highest BCUT2D eigenvalue weighted by molar-refractivity contribution is 7.92. The first-order valence-corrected chi connectivity index (χ1v) is 12.7. The second kappa shape index (κ2) is 10.6. The molecule has 0 bridgehead atoms. The fourth-order valence-electron chi connectivity index (χ4n) is 3.66. The molecule has 10 heteroatoms. The summed E-state index contributed by atoms with van der Waals surface area (Å²) in [4.78, 5) is 10.2. The van der Waals surface area contributed by atoms with Gasteiger partial charge in [-0.2, -0.15) is 5.26 Å². The Morgan fingerprint density at radius 2 is 1.82 bits per heavy atom. The zero-order valence-electron chi connectivity index (χ0n) is 17.7. The number of benzene rings is 2. The quantitative estimate of drug-likeness (QED) is 0.542. The molecule has 2 aliphatic rings. The number of nitriles is 1. The van der Waals surface area contributed by atoms with Crippen molar-refractivity contribution in [3.63, 3.8) is 0 Å². The molecule has 1 amide bonds. The summed E-state index contributed by atoms with van der Waals surface area (Å²) in [6.07, 6.45) is 2.26. The van der Waals surface area contributed by atoms with Crippen LogP contribution in [-0.2, 0) is 9.84 Å². The van der Waals surface area contributed by atoms with E-state index in [9.17, 15) is 13.2 Å². The molecule has 2 N–H and O–H groups in total. The predicted octanol–water partition coefficient (Wildman–Crippen LogP) is 5.32. The van der Waals surface area contributed by atoms with Crippen molar-refractivity contribution in [2.45, 2.75) is 47.8 Å². The van der Waals surface area contributed by atoms with Crippen LogP contribution in [0.15, 0.2) is 53.4 Å². The van der Waals surface area contributed by atoms with E-state index in [0.717, 1.165) is 12.2 Å². The number of rotatable bonds is 6. The molecular formula is C23H24Cl2N2O5S. The van der Waals surface area contributed by atoms with Crippen molar-refractivity contribution in [1.29, 1.82) is 5.26 Å². The van der Waals surface area contributed by atoms with Crippen LogP contribution >= 0.6 is 23.2 Å². The maximum Gasteiger partial charge on any atom is 0.405 e. The fourth-order valence-corrected chi connectivity index (χ4v) is 6.18. The van der Waals surface area contributed by atoms with E-state index >= 15 is 0 Å². The summed E-state index contributed by atoms with van der Waals surface area (Å²) in [5.41, 5.74) is -0.730. The number of halogens is 2. The van der Waals surface area contributed by atoms with Gasteiger partial charge in [0.15, 0.2) is 9.84 Å². The van der Waals surface area contributed by atoms with Crippen LogP contribution in [-0.4, -0.2) is 37.0 Å². The van der Waals surface area contributed by atoms with E-state index in [1.165, 1.54) is 0 Å². The van der Waals surface area contributed by atoms with Crippen molar-refractivity contribution < 1.29 is 23.1 Å². The maximum absolute atomic E-state index is 12.8. The standard InChI is InChI=1S/C18H18Cl2O3S.C5H6N2O2/c19-14-6-8-15(9-7-14)23-12-13-5-10-16(11-13)24(21,22)18-4-2-1-3-17(18)20;6-3-5(1-2-5)7-4(8)9/h1-4,6-9,13,16H,5,10-12H2;7H,1-2H2,(H,8,9)/t13-,16-;/m1./s1. The third-order valence-corrected chi connectivity index (χ3v) is 8.65. The SMILES string of the molecule is N#CC1(NC(=O)O)CC1.O=S(=O)(c1ccccc1Cl)[C@@H]1CC[C@@H](COc2ccc(Cl)cc2)C1. The van der Waals surface area contributed by atoms with E-state index in [1.54, 1.807) is 36.4 Å². The van der Waals surface area contributed by atoms with Crippen LogP contribution in [0.3, 0.4) is 0 Å². The average Bonchev–Trinajstić information content (AvgIpc) is 3.37. The van der Waals surface area contributed by atoms with Gasteiger partial charge in [0.05, 0.1) is 27.8 Å². The van der Waals surface area contributed by atoms with Gasteiger partial charge < -0.3 is 15.2 Å². The Bertz CT molecular complexity index is 1130. The largest absolute Gasteiger partial charge is 0.493 e. The Labute approximate surface area is 203 Å². The van der Waals surface area contributed by atoms with Crippen LogP contribution in [0.1, 0.15) is 32.1 Å². The Hall–Kier alpha value is -2.47. The number of nitrogens with zero attached hydrogens (tertiary/aromatic N) is 1. The van der Waals surface area contributed by atoms with Gasteiger partial charge >= 0.3 is 6.09 Å². The molecule has 0 unspecified atom stereocenters. The van der Waals surface area contributed by atoms with Crippen LogP contribution < -0.4 is 10.1 Å². The molecule has 0 aliphatic heterocycles. The van der Waals surface area contributed by atoms with Crippen molar-refractivity contribution in [3.05, 3.63) is 58.6 Å². The van der Waals surface area contributed by atoms with Gasteiger partial charge in [-0.25, -0.2) is 13.2 Å². The van der Waals surface area contributed by atoms with Crippen LogP contribution in [0.25, 0.3) is 0 Å². The summed E-state index contributed by atoms with van der Waals surface area (Å²) in [5.74, 6) is 0.972. The monoisotopic (exact) mass is 510 g/mol. The summed E-state index contributed by atoms with van der Waals surface area (Å²) in [7, 11) is -3.40. The first-order chi connectivity index (χ1) is 15.6. The molecule has 2 aromatic carbocycles. The number of amides is 1. The molecule has 0 radical (unpaired) electrons. The fraction of sp³-hybridized carbons (Fsp3) is 0.391. The van der Waals surface area contributed by atoms with Gasteiger partial charge in [-0.15, -0.1) is 0 Å². The van der Waals surface area contributed by atoms with Gasteiger partial charge in [-0.1, -0.05) is 35.3 Å². The number of nitrogens with one attached hydrogen (secondary N) is 1. The molecule has 2 aliphatic carbocycles. The summed E-state index contributed by atoms with van der Waals surface area (Å²) < 4.78 is 31.3. The minimum atomic E-state index is -3.40. The summed E-state index contributed by atoms with van der Waals surface area (Å²) >= 11 is 11.9. The first kappa shape index (κ1) is 25.2. The number of ether oxygens (including phenoxy) is 1. The summed E-state index contributed by atoms with van der Waals surface area (Å²) in [5, 5.41) is 19.2. The number of carbonyl (C=O) groups is 1. The second-order valence-corrected chi connectivity index (χ2v) is 11.2. The van der Waals surface area contributed by atoms with E-state index in [-0.39, 0.29) is 10.8 Å². The maximum atomic E-state index is 12.8. The predicted molar refractivity (Wildman–Crippen MR) is 125 cm³/mol. The number of sulfone groups is 1. The minimum Gasteiger partial charge on any atom is -0.493 e. The summed E-state index contributed by atoms with van der Waals surface area (Å²) in [6.45, 7) is 0.510. The molecule has 176 valence electrons. The first-order valence-electron chi connectivity index (χ1n) is 10.4. The van der Waals surface area contributed by atoms with E-state index in [2.05, 4.69) is 5.32 Å². The van der Waals surface area contributed by atoms with Crippen molar-refractivity contribution in [1.82, 2.24) is 5.32 Å². The average molecular weight is 511 g/mol. The van der Waals surface area contributed by atoms with Gasteiger partial charge in [0, 0.05) is 5.02 Å². The minimum absolute atomic E-state index is 0.225. The van der Waals surface area contributed by atoms with Gasteiger partial charge in [0.2, 0.25) is 0 Å². The zero-order valence-corrected chi connectivity index (χ0v) is 20.0. The zero-order chi connectivity index (χ0) is 24.1. The lowest BCUT2D eigenvalue weighted by Crippen LogP contribution is -2.33. The van der Waals surface area contributed by atoms with Crippen molar-refractivity contribution in [2.24, 2.45) is 5.92 Å². The van der Waals surface area contributed by atoms with Gasteiger partial charge in [0.1, 0.15) is 11.3 Å². The Morgan fingerprint density at radius 3 is 2.36 bits per heavy atom. The summed E-state index contributed by atoms with van der Waals surface area (Å²) in [6, 6.07) is 15.7. The Balaban J connectivity index is 0.000000286. The van der Waals surface area contributed by atoms with E-state index < -0.39 is 26.7 Å². The number of carboxylic acid groups (broad SMARTS) is 1. The topological polar surface area (TPSA) is 116 Å². The van der Waals surface area contributed by atoms with E-state index in [4.69, 9.17) is 38.3 Å². The van der Waals surface area contributed by atoms with Gasteiger partial charge in [-0.05, 0) is 74.4 Å². The molecular weight excluding hydrogens is 487 g/mol. The van der Waals surface area contributed by atoms with Crippen LogP contribution in [0, 0.1) is 17.2 Å². The van der Waals surface area contributed by atoms with E-state index in [1.807, 2.05) is 18.2 Å². The molecule has 0 saturated heterocycles. The lowest BCUT2D eigenvalue weighted by atomic mass is 10.1. The lowest BCUT2D eigenvalue weighted by Gasteiger charge is -2.14. The molecule has 0 heterocycles. The van der Waals surface area contributed by atoms with Crippen molar-refractivity contribution in [2.75, 3.05) is 6.61 Å². The number of hydrogen-bond acceptors (Lipinski definition) is 5. The molecule has 33 heavy (non-hydrogen) atoms. The van der Waals surface area contributed by atoms with Gasteiger partial charge in [-0.3, -0.25) is 0 Å². The molecule has 7 nitrogen and oxygen atoms in total. The third-order valence-electron chi connectivity index (χ3n) is 5.68. The molecule has 4 rings (SSSR count). The highest BCUT2D eigenvalue weighted by Gasteiger charge is 2.44. The molecule has 0 spiro atoms. The normalized spacial score (nSPS) is 20.6.